The molecule has 3 rings (SSSR count). The van der Waals surface area contributed by atoms with Crippen LogP contribution in [0.4, 0.5) is 0 Å². The molecule has 0 amide bonds. The van der Waals surface area contributed by atoms with Gasteiger partial charge in [-0.15, -0.1) is 10.2 Å². The van der Waals surface area contributed by atoms with E-state index in [4.69, 9.17) is 4.74 Å². The highest BCUT2D eigenvalue weighted by atomic mass is 79.9. The lowest BCUT2D eigenvalue weighted by Crippen LogP contribution is -1.99. The lowest BCUT2D eigenvalue weighted by molar-refractivity contribution is 0.415. The van der Waals surface area contributed by atoms with Crippen LogP contribution in [0.25, 0.3) is 22.6 Å². The van der Waals surface area contributed by atoms with Gasteiger partial charge in [0.2, 0.25) is 0 Å². The first kappa shape index (κ1) is 14.7. The zero-order valence-corrected chi connectivity index (χ0v) is 13.8. The zero-order chi connectivity index (χ0) is 15.5. The van der Waals surface area contributed by atoms with Crippen LogP contribution in [0.3, 0.4) is 0 Å². The molecule has 0 fully saturated rings. The lowest BCUT2D eigenvalue weighted by atomic mass is 10.1. The van der Waals surface area contributed by atoms with Gasteiger partial charge >= 0.3 is 0 Å². The van der Waals surface area contributed by atoms with Crippen molar-refractivity contribution < 1.29 is 4.74 Å². The molecule has 5 heteroatoms. The summed E-state index contributed by atoms with van der Waals surface area (Å²) in [5.41, 5.74) is 3.56. The molecule has 110 valence electrons. The van der Waals surface area contributed by atoms with Crippen LogP contribution in [0.15, 0.2) is 53.0 Å². The van der Waals surface area contributed by atoms with E-state index in [2.05, 4.69) is 31.1 Å². The summed E-state index contributed by atoms with van der Waals surface area (Å²) in [6.45, 7) is 1.94. The smallest absolute Gasteiger partial charge is 0.182 e. The summed E-state index contributed by atoms with van der Waals surface area (Å²) < 4.78 is 6.19. The Hall–Kier alpha value is -2.27. The van der Waals surface area contributed by atoms with Gasteiger partial charge < -0.3 is 4.74 Å². The van der Waals surface area contributed by atoms with Crippen molar-refractivity contribution in [3.63, 3.8) is 0 Å². The number of aromatic nitrogens is 3. The predicted octanol–water partition coefficient (Wildman–Crippen LogP) is 4.29. The van der Waals surface area contributed by atoms with E-state index in [9.17, 15) is 0 Å². The minimum absolute atomic E-state index is 0.612. The average molecular weight is 356 g/mol. The first-order valence-electron chi connectivity index (χ1n) is 6.79. The van der Waals surface area contributed by atoms with Gasteiger partial charge in [-0.2, -0.15) is 0 Å². The van der Waals surface area contributed by atoms with E-state index in [1.165, 1.54) is 0 Å². The third-order valence-electron chi connectivity index (χ3n) is 3.33. The van der Waals surface area contributed by atoms with Crippen LogP contribution >= 0.6 is 15.9 Å². The Morgan fingerprint density at radius 1 is 0.864 bits per heavy atom. The number of methoxy groups -OCH3 is 1. The van der Waals surface area contributed by atoms with Crippen LogP contribution in [0.2, 0.25) is 0 Å². The molecular formula is C17H14BrN3O. The number of rotatable bonds is 3. The molecule has 0 aliphatic carbocycles. The summed E-state index contributed by atoms with van der Waals surface area (Å²) in [7, 11) is 1.64. The average Bonchev–Trinajstić information content (AvgIpc) is 2.56. The van der Waals surface area contributed by atoms with Crippen molar-refractivity contribution in [2.45, 2.75) is 6.92 Å². The number of hydrogen-bond acceptors (Lipinski definition) is 4. The largest absolute Gasteiger partial charge is 0.497 e. The van der Waals surface area contributed by atoms with Gasteiger partial charge in [0.25, 0.3) is 0 Å². The van der Waals surface area contributed by atoms with E-state index in [-0.39, 0.29) is 0 Å². The molecule has 3 aromatic rings. The fourth-order valence-corrected chi connectivity index (χ4v) is 2.40. The van der Waals surface area contributed by atoms with E-state index < -0.39 is 0 Å². The molecule has 4 nitrogen and oxygen atoms in total. The Labute approximate surface area is 137 Å². The number of aryl methyl sites for hydroxylation is 1. The molecule has 0 bridgehead atoms. The summed E-state index contributed by atoms with van der Waals surface area (Å²) in [5.74, 6) is 1.42. The van der Waals surface area contributed by atoms with Gasteiger partial charge in [0.15, 0.2) is 5.82 Å². The number of ether oxygens (including phenoxy) is 1. The molecule has 0 aliphatic heterocycles. The van der Waals surface area contributed by atoms with Crippen LogP contribution in [0, 0.1) is 6.92 Å². The van der Waals surface area contributed by atoms with Crippen molar-refractivity contribution in [2.75, 3.05) is 7.11 Å². The highest BCUT2D eigenvalue weighted by molar-refractivity contribution is 9.10. The number of benzene rings is 2. The maximum atomic E-state index is 5.16. The van der Waals surface area contributed by atoms with Gasteiger partial charge in [0.05, 0.1) is 12.8 Å². The van der Waals surface area contributed by atoms with Crippen LogP contribution in [-0.2, 0) is 0 Å². The van der Waals surface area contributed by atoms with Crippen molar-refractivity contribution in [3.8, 4) is 28.4 Å². The Morgan fingerprint density at radius 2 is 1.50 bits per heavy atom. The van der Waals surface area contributed by atoms with E-state index in [0.717, 1.165) is 32.7 Å². The highest BCUT2D eigenvalue weighted by Gasteiger charge is 2.09. The van der Waals surface area contributed by atoms with Gasteiger partial charge in [-0.1, -0.05) is 28.1 Å². The quantitative estimate of drug-likeness (QED) is 0.703. The maximum Gasteiger partial charge on any atom is 0.182 e. The summed E-state index contributed by atoms with van der Waals surface area (Å²) in [5, 5.41) is 8.59. The summed E-state index contributed by atoms with van der Waals surface area (Å²) in [6, 6.07) is 15.6. The van der Waals surface area contributed by atoms with Crippen molar-refractivity contribution >= 4 is 15.9 Å². The highest BCUT2D eigenvalue weighted by Crippen LogP contribution is 2.24. The van der Waals surface area contributed by atoms with E-state index in [1.807, 2.05) is 55.5 Å². The molecule has 0 atom stereocenters. The van der Waals surface area contributed by atoms with Crippen LogP contribution in [0.5, 0.6) is 5.75 Å². The van der Waals surface area contributed by atoms with Crippen molar-refractivity contribution in [1.29, 1.82) is 0 Å². The van der Waals surface area contributed by atoms with Gasteiger partial charge in [-0.05, 0) is 43.3 Å². The Balaban J connectivity index is 1.96. The number of hydrogen-bond donors (Lipinski definition) is 0. The predicted molar refractivity (Wildman–Crippen MR) is 89.7 cm³/mol. The topological polar surface area (TPSA) is 47.9 Å². The Kier molecular flexibility index (Phi) is 4.15. The fourth-order valence-electron chi connectivity index (χ4n) is 2.14. The van der Waals surface area contributed by atoms with Crippen molar-refractivity contribution in [1.82, 2.24) is 15.2 Å². The van der Waals surface area contributed by atoms with Gasteiger partial charge in [0.1, 0.15) is 11.4 Å². The first-order valence-corrected chi connectivity index (χ1v) is 7.58. The molecular weight excluding hydrogens is 342 g/mol. The van der Waals surface area contributed by atoms with Gasteiger partial charge in [-0.25, -0.2) is 4.98 Å². The summed E-state index contributed by atoms with van der Waals surface area (Å²) in [4.78, 5) is 4.57. The van der Waals surface area contributed by atoms with E-state index in [1.54, 1.807) is 7.11 Å². The maximum absolute atomic E-state index is 5.16. The van der Waals surface area contributed by atoms with Gasteiger partial charge in [-0.3, -0.25) is 0 Å². The second kappa shape index (κ2) is 6.23. The van der Waals surface area contributed by atoms with E-state index >= 15 is 0 Å². The molecule has 0 N–H and O–H groups in total. The van der Waals surface area contributed by atoms with Crippen LogP contribution in [0.1, 0.15) is 5.69 Å². The second-order valence-corrected chi connectivity index (χ2v) is 5.72. The molecule has 0 radical (unpaired) electrons. The molecule has 1 heterocycles. The van der Waals surface area contributed by atoms with Crippen LogP contribution < -0.4 is 4.74 Å². The SMILES string of the molecule is COc1ccc(-c2nnc(-c3ccc(Br)cc3)c(C)n2)cc1. The van der Waals surface area contributed by atoms with Crippen molar-refractivity contribution in [2.24, 2.45) is 0 Å². The summed E-state index contributed by atoms with van der Waals surface area (Å²) >= 11 is 3.43. The molecule has 0 saturated carbocycles. The summed E-state index contributed by atoms with van der Waals surface area (Å²) in [6.07, 6.45) is 0. The first-order chi connectivity index (χ1) is 10.7. The van der Waals surface area contributed by atoms with E-state index in [0.29, 0.717) is 5.82 Å². The Morgan fingerprint density at radius 3 is 2.09 bits per heavy atom. The monoisotopic (exact) mass is 355 g/mol. The zero-order valence-electron chi connectivity index (χ0n) is 12.2. The molecule has 1 aromatic heterocycles. The lowest BCUT2D eigenvalue weighted by Gasteiger charge is -2.06. The van der Waals surface area contributed by atoms with Crippen LogP contribution in [-0.4, -0.2) is 22.3 Å². The standard InChI is InChI=1S/C17H14BrN3O/c1-11-16(12-3-7-14(18)8-4-12)20-21-17(19-11)13-5-9-15(22-2)10-6-13/h3-10H,1-2H3. The van der Waals surface area contributed by atoms with Gasteiger partial charge in [0, 0.05) is 15.6 Å². The third kappa shape index (κ3) is 2.99. The number of halogens is 1. The normalized spacial score (nSPS) is 10.5. The molecule has 0 unspecified atom stereocenters. The molecule has 0 saturated heterocycles. The number of nitrogens with zero attached hydrogens (tertiary/aromatic N) is 3. The minimum atomic E-state index is 0.612. The third-order valence-corrected chi connectivity index (χ3v) is 3.86. The Bertz CT molecular complexity index is 786. The van der Waals surface area contributed by atoms with Crippen molar-refractivity contribution in [3.05, 3.63) is 58.7 Å². The second-order valence-electron chi connectivity index (χ2n) is 4.80. The molecule has 0 spiro atoms. The fraction of sp³-hybridized carbons (Fsp3) is 0.118. The molecule has 2 aromatic carbocycles. The molecule has 22 heavy (non-hydrogen) atoms. The molecule has 0 aliphatic rings. The minimum Gasteiger partial charge on any atom is -0.497 e.